The molecule has 1 N–H and O–H groups in total. The maximum absolute atomic E-state index is 5.47. The number of likely N-dealkylation sites (tertiary alicyclic amines) is 1. The second-order valence-electron chi connectivity index (χ2n) is 5.90. The van der Waals surface area contributed by atoms with Gasteiger partial charge >= 0.3 is 0 Å². The monoisotopic (exact) mass is 264 g/mol. The standard InChI is InChI=1S/C16H28N2O/c1-4-9-18-10-5-7-15(12-18)13(2)17-14(3)16-8-6-11-19-16/h6,8,11,13-15,17H,4-5,7,9-10,12H2,1-3H3/t13?,14-,15?/m0/s1. The van der Waals surface area contributed by atoms with Gasteiger partial charge in [0.1, 0.15) is 5.76 Å². The van der Waals surface area contributed by atoms with Crippen molar-refractivity contribution in [1.29, 1.82) is 0 Å². The van der Waals surface area contributed by atoms with Crippen LogP contribution < -0.4 is 5.32 Å². The van der Waals surface area contributed by atoms with E-state index in [4.69, 9.17) is 4.42 Å². The summed E-state index contributed by atoms with van der Waals surface area (Å²) < 4.78 is 5.47. The molecule has 0 radical (unpaired) electrons. The highest BCUT2D eigenvalue weighted by atomic mass is 16.3. The lowest BCUT2D eigenvalue weighted by atomic mass is 9.91. The Kier molecular flexibility index (Phi) is 5.46. The van der Waals surface area contributed by atoms with Crippen LogP contribution in [0.5, 0.6) is 0 Å². The fourth-order valence-electron chi connectivity index (χ4n) is 3.17. The molecule has 0 aliphatic carbocycles. The number of furan rings is 1. The molecule has 1 aliphatic heterocycles. The van der Waals surface area contributed by atoms with Gasteiger partial charge in [0.05, 0.1) is 12.3 Å². The van der Waals surface area contributed by atoms with Crippen LogP contribution in [0.4, 0.5) is 0 Å². The third kappa shape index (κ3) is 4.08. The fraction of sp³-hybridized carbons (Fsp3) is 0.750. The van der Waals surface area contributed by atoms with E-state index in [2.05, 4.69) is 37.1 Å². The minimum absolute atomic E-state index is 0.298. The topological polar surface area (TPSA) is 28.4 Å². The second-order valence-corrected chi connectivity index (χ2v) is 5.90. The smallest absolute Gasteiger partial charge is 0.120 e. The van der Waals surface area contributed by atoms with Gasteiger partial charge in [-0.25, -0.2) is 0 Å². The van der Waals surface area contributed by atoms with E-state index in [0.717, 1.165) is 11.7 Å². The lowest BCUT2D eigenvalue weighted by Gasteiger charge is -2.36. The Morgan fingerprint density at radius 1 is 1.47 bits per heavy atom. The van der Waals surface area contributed by atoms with Crippen LogP contribution in [0.2, 0.25) is 0 Å². The van der Waals surface area contributed by atoms with Crippen molar-refractivity contribution in [3.8, 4) is 0 Å². The van der Waals surface area contributed by atoms with Crippen molar-refractivity contribution in [2.45, 2.75) is 52.1 Å². The molecule has 3 heteroatoms. The summed E-state index contributed by atoms with van der Waals surface area (Å²) in [6.45, 7) is 10.5. The van der Waals surface area contributed by atoms with Crippen LogP contribution >= 0.6 is 0 Å². The van der Waals surface area contributed by atoms with E-state index in [9.17, 15) is 0 Å². The van der Waals surface area contributed by atoms with Crippen LogP contribution in [-0.4, -0.2) is 30.6 Å². The number of hydrogen-bond donors (Lipinski definition) is 1. The first-order valence-electron chi connectivity index (χ1n) is 7.72. The van der Waals surface area contributed by atoms with Crippen LogP contribution in [0, 0.1) is 5.92 Å². The molecule has 108 valence electrons. The second kappa shape index (κ2) is 7.11. The number of nitrogens with zero attached hydrogens (tertiary/aromatic N) is 1. The van der Waals surface area contributed by atoms with Gasteiger partial charge in [-0.3, -0.25) is 0 Å². The molecular formula is C16H28N2O. The molecule has 1 aromatic heterocycles. The molecule has 2 unspecified atom stereocenters. The Balaban J connectivity index is 1.83. The van der Waals surface area contributed by atoms with Crippen LogP contribution in [0.15, 0.2) is 22.8 Å². The minimum atomic E-state index is 0.298. The summed E-state index contributed by atoms with van der Waals surface area (Å²) in [5.41, 5.74) is 0. The fourth-order valence-corrected chi connectivity index (χ4v) is 3.17. The predicted molar refractivity (Wildman–Crippen MR) is 79.2 cm³/mol. The molecule has 0 bridgehead atoms. The number of piperidine rings is 1. The molecule has 1 saturated heterocycles. The average Bonchev–Trinajstić information content (AvgIpc) is 2.93. The van der Waals surface area contributed by atoms with E-state index in [1.54, 1.807) is 6.26 Å². The molecule has 0 amide bonds. The van der Waals surface area contributed by atoms with Gasteiger partial charge in [0, 0.05) is 12.6 Å². The molecule has 1 fully saturated rings. The Labute approximate surface area is 117 Å². The summed E-state index contributed by atoms with van der Waals surface area (Å²) in [6, 6.07) is 4.85. The molecule has 0 aromatic carbocycles. The zero-order valence-electron chi connectivity index (χ0n) is 12.6. The van der Waals surface area contributed by atoms with Crippen molar-refractivity contribution in [3.05, 3.63) is 24.2 Å². The summed E-state index contributed by atoms with van der Waals surface area (Å²) in [6.07, 6.45) is 5.70. The number of rotatable bonds is 6. The predicted octanol–water partition coefficient (Wildman–Crippen LogP) is 3.44. The molecule has 19 heavy (non-hydrogen) atoms. The Hall–Kier alpha value is -0.800. The molecule has 0 spiro atoms. The largest absolute Gasteiger partial charge is 0.468 e. The number of nitrogens with one attached hydrogen (secondary N) is 1. The average molecular weight is 264 g/mol. The van der Waals surface area contributed by atoms with Gasteiger partial charge in [-0.05, 0) is 64.3 Å². The maximum atomic E-state index is 5.47. The van der Waals surface area contributed by atoms with E-state index < -0.39 is 0 Å². The first-order valence-corrected chi connectivity index (χ1v) is 7.72. The van der Waals surface area contributed by atoms with E-state index >= 15 is 0 Å². The molecule has 1 aromatic rings. The van der Waals surface area contributed by atoms with Gasteiger partial charge in [-0.15, -0.1) is 0 Å². The van der Waals surface area contributed by atoms with Gasteiger partial charge < -0.3 is 14.6 Å². The van der Waals surface area contributed by atoms with Crippen LogP contribution in [-0.2, 0) is 0 Å². The normalized spacial score (nSPS) is 24.3. The van der Waals surface area contributed by atoms with E-state index in [1.807, 2.05) is 6.07 Å². The highest BCUT2D eigenvalue weighted by Gasteiger charge is 2.25. The van der Waals surface area contributed by atoms with Crippen molar-refractivity contribution in [3.63, 3.8) is 0 Å². The van der Waals surface area contributed by atoms with Gasteiger partial charge in [0.2, 0.25) is 0 Å². The van der Waals surface area contributed by atoms with Crippen molar-refractivity contribution < 1.29 is 4.42 Å². The van der Waals surface area contributed by atoms with Crippen LogP contribution in [0.1, 0.15) is 51.8 Å². The Morgan fingerprint density at radius 2 is 2.32 bits per heavy atom. The lowest BCUT2D eigenvalue weighted by Crippen LogP contribution is -2.45. The van der Waals surface area contributed by atoms with Crippen molar-refractivity contribution in [2.75, 3.05) is 19.6 Å². The minimum Gasteiger partial charge on any atom is -0.468 e. The zero-order valence-corrected chi connectivity index (χ0v) is 12.6. The van der Waals surface area contributed by atoms with Crippen molar-refractivity contribution in [1.82, 2.24) is 10.2 Å². The quantitative estimate of drug-likeness (QED) is 0.853. The van der Waals surface area contributed by atoms with Crippen molar-refractivity contribution >= 4 is 0 Å². The van der Waals surface area contributed by atoms with Gasteiger partial charge in [-0.1, -0.05) is 6.92 Å². The van der Waals surface area contributed by atoms with Gasteiger partial charge in [0.15, 0.2) is 0 Å². The zero-order chi connectivity index (χ0) is 13.7. The molecule has 2 heterocycles. The SMILES string of the molecule is CCCN1CCCC(C(C)N[C@@H](C)c2ccco2)C1. The summed E-state index contributed by atoms with van der Waals surface area (Å²) in [7, 11) is 0. The molecule has 2 rings (SSSR count). The molecular weight excluding hydrogens is 236 g/mol. The molecule has 3 atom stereocenters. The first kappa shape index (κ1) is 14.6. The highest BCUT2D eigenvalue weighted by molar-refractivity contribution is 5.03. The third-order valence-electron chi connectivity index (χ3n) is 4.27. The Morgan fingerprint density at radius 3 is 3.00 bits per heavy atom. The molecule has 1 aliphatic rings. The number of hydrogen-bond acceptors (Lipinski definition) is 3. The summed E-state index contributed by atoms with van der Waals surface area (Å²) in [5, 5.41) is 3.69. The lowest BCUT2D eigenvalue weighted by molar-refractivity contribution is 0.146. The summed E-state index contributed by atoms with van der Waals surface area (Å²) in [5.74, 6) is 1.80. The summed E-state index contributed by atoms with van der Waals surface area (Å²) >= 11 is 0. The Bertz CT molecular complexity index is 348. The van der Waals surface area contributed by atoms with Crippen LogP contribution in [0.25, 0.3) is 0 Å². The van der Waals surface area contributed by atoms with E-state index in [1.165, 1.54) is 38.9 Å². The summed E-state index contributed by atoms with van der Waals surface area (Å²) in [4.78, 5) is 2.61. The maximum Gasteiger partial charge on any atom is 0.120 e. The highest BCUT2D eigenvalue weighted by Crippen LogP contribution is 2.22. The molecule has 0 saturated carbocycles. The van der Waals surface area contributed by atoms with E-state index in [-0.39, 0.29) is 0 Å². The van der Waals surface area contributed by atoms with E-state index in [0.29, 0.717) is 12.1 Å². The third-order valence-corrected chi connectivity index (χ3v) is 4.27. The van der Waals surface area contributed by atoms with Crippen LogP contribution in [0.3, 0.4) is 0 Å². The first-order chi connectivity index (χ1) is 9.20. The van der Waals surface area contributed by atoms with Gasteiger partial charge in [-0.2, -0.15) is 0 Å². The van der Waals surface area contributed by atoms with Gasteiger partial charge in [0.25, 0.3) is 0 Å². The van der Waals surface area contributed by atoms with Crippen molar-refractivity contribution in [2.24, 2.45) is 5.92 Å². The molecule has 3 nitrogen and oxygen atoms in total.